The van der Waals surface area contributed by atoms with E-state index in [9.17, 15) is 4.79 Å². The van der Waals surface area contributed by atoms with Gasteiger partial charge in [-0.15, -0.1) is 0 Å². The van der Waals surface area contributed by atoms with Crippen molar-refractivity contribution in [3.8, 4) is 0 Å². The fourth-order valence-electron chi connectivity index (χ4n) is 0.901. The Bertz CT molecular complexity index is 268. The monoisotopic (exact) mass is 168 g/mol. The summed E-state index contributed by atoms with van der Waals surface area (Å²) in [6.45, 7) is 2.68. The largest absolute Gasteiger partial charge is 0.469 e. The maximum atomic E-state index is 11.3. The van der Waals surface area contributed by atoms with Crippen molar-refractivity contribution < 1.29 is 9.21 Å². The van der Waals surface area contributed by atoms with Gasteiger partial charge in [0.25, 0.3) is 5.91 Å². The Kier molecular flexibility index (Phi) is 2.88. The van der Waals surface area contributed by atoms with Crippen molar-refractivity contribution in [1.29, 1.82) is 0 Å². The Labute approximate surface area is 70.7 Å². The minimum absolute atomic E-state index is 0.133. The van der Waals surface area contributed by atoms with Gasteiger partial charge in [0.15, 0.2) is 0 Å². The van der Waals surface area contributed by atoms with E-state index in [-0.39, 0.29) is 5.91 Å². The number of carbonyl (C=O) groups excluding carboxylic acids is 1. The number of aryl methyl sites for hydroxylation is 1. The molecule has 0 aromatic carbocycles. The second-order valence-corrected chi connectivity index (χ2v) is 2.44. The number of nitrogens with one attached hydrogen (secondary N) is 1. The van der Waals surface area contributed by atoms with Crippen LogP contribution in [0.1, 0.15) is 16.1 Å². The third-order valence-electron chi connectivity index (χ3n) is 1.53. The first-order chi connectivity index (χ1) is 5.75. The molecular formula is C8H12N2O2. The summed E-state index contributed by atoms with van der Waals surface area (Å²) in [5.74, 6) is 0.497. The molecule has 0 unspecified atom stereocenters. The molecule has 0 spiro atoms. The number of furan rings is 1. The third-order valence-corrected chi connectivity index (χ3v) is 1.53. The lowest BCUT2D eigenvalue weighted by Crippen LogP contribution is -2.29. The molecule has 0 atom stereocenters. The molecule has 0 aliphatic carbocycles. The Morgan fingerprint density at radius 1 is 1.75 bits per heavy atom. The summed E-state index contributed by atoms with van der Waals surface area (Å²) in [6, 6.07) is 1.64. The van der Waals surface area contributed by atoms with Gasteiger partial charge in [0.1, 0.15) is 5.76 Å². The van der Waals surface area contributed by atoms with Crippen molar-refractivity contribution in [2.75, 3.05) is 13.1 Å². The quantitative estimate of drug-likeness (QED) is 0.681. The molecule has 1 rings (SSSR count). The van der Waals surface area contributed by atoms with Crippen LogP contribution >= 0.6 is 0 Å². The summed E-state index contributed by atoms with van der Waals surface area (Å²) in [6.07, 6.45) is 1.49. The molecule has 1 aromatic heterocycles. The molecular weight excluding hydrogens is 156 g/mol. The number of rotatable bonds is 3. The Morgan fingerprint density at radius 2 is 2.50 bits per heavy atom. The van der Waals surface area contributed by atoms with Gasteiger partial charge in [-0.25, -0.2) is 0 Å². The topological polar surface area (TPSA) is 68.3 Å². The first-order valence-electron chi connectivity index (χ1n) is 3.78. The standard InChI is InChI=1S/C8H12N2O2/c1-6-7(2-5-12-6)8(11)10-4-3-9/h2,5H,3-4,9H2,1H3,(H,10,11). The zero-order valence-electron chi connectivity index (χ0n) is 6.96. The van der Waals surface area contributed by atoms with E-state index in [1.807, 2.05) is 0 Å². The highest BCUT2D eigenvalue weighted by Crippen LogP contribution is 2.07. The molecule has 0 aliphatic heterocycles. The molecule has 66 valence electrons. The van der Waals surface area contributed by atoms with Crippen LogP contribution in [0.15, 0.2) is 16.7 Å². The van der Waals surface area contributed by atoms with Crippen LogP contribution < -0.4 is 11.1 Å². The molecule has 1 aromatic rings. The molecule has 0 bridgehead atoms. The van der Waals surface area contributed by atoms with E-state index in [4.69, 9.17) is 10.2 Å². The van der Waals surface area contributed by atoms with Gasteiger partial charge in [-0.3, -0.25) is 4.79 Å². The first kappa shape index (κ1) is 8.80. The van der Waals surface area contributed by atoms with E-state index in [0.717, 1.165) is 0 Å². The van der Waals surface area contributed by atoms with Crippen LogP contribution in [0.3, 0.4) is 0 Å². The average Bonchev–Trinajstić information content (AvgIpc) is 2.47. The summed E-state index contributed by atoms with van der Waals surface area (Å²) in [7, 11) is 0. The fraction of sp³-hybridized carbons (Fsp3) is 0.375. The van der Waals surface area contributed by atoms with Gasteiger partial charge in [0, 0.05) is 13.1 Å². The Morgan fingerprint density at radius 3 is 3.00 bits per heavy atom. The number of carbonyl (C=O) groups is 1. The molecule has 0 radical (unpaired) electrons. The third kappa shape index (κ3) is 1.85. The highest BCUT2D eigenvalue weighted by atomic mass is 16.3. The molecule has 4 nitrogen and oxygen atoms in total. The molecule has 0 saturated heterocycles. The minimum Gasteiger partial charge on any atom is -0.469 e. The summed E-state index contributed by atoms with van der Waals surface area (Å²) in [5, 5.41) is 2.65. The second kappa shape index (κ2) is 3.92. The van der Waals surface area contributed by atoms with Gasteiger partial charge < -0.3 is 15.5 Å². The molecule has 1 heterocycles. The molecule has 0 aliphatic rings. The molecule has 4 heteroatoms. The van der Waals surface area contributed by atoms with Crippen LogP contribution in [0, 0.1) is 6.92 Å². The van der Waals surface area contributed by atoms with Gasteiger partial charge in [0.05, 0.1) is 11.8 Å². The lowest BCUT2D eigenvalue weighted by Gasteiger charge is -2.00. The Balaban J connectivity index is 2.59. The maximum absolute atomic E-state index is 11.3. The zero-order chi connectivity index (χ0) is 8.97. The Hall–Kier alpha value is -1.29. The van der Waals surface area contributed by atoms with Gasteiger partial charge in [-0.1, -0.05) is 0 Å². The van der Waals surface area contributed by atoms with Crippen LogP contribution in [-0.4, -0.2) is 19.0 Å². The number of hydrogen-bond acceptors (Lipinski definition) is 3. The SMILES string of the molecule is Cc1occc1C(=O)NCCN. The molecule has 12 heavy (non-hydrogen) atoms. The molecule has 3 N–H and O–H groups in total. The zero-order valence-corrected chi connectivity index (χ0v) is 6.96. The molecule has 0 fully saturated rings. The number of amides is 1. The summed E-state index contributed by atoms with van der Waals surface area (Å²) in [4.78, 5) is 11.3. The van der Waals surface area contributed by atoms with E-state index < -0.39 is 0 Å². The minimum atomic E-state index is -0.133. The van der Waals surface area contributed by atoms with E-state index in [1.54, 1.807) is 13.0 Å². The lowest BCUT2D eigenvalue weighted by molar-refractivity contribution is 0.0953. The van der Waals surface area contributed by atoms with Gasteiger partial charge >= 0.3 is 0 Å². The molecule has 0 saturated carbocycles. The summed E-state index contributed by atoms with van der Waals surface area (Å²) >= 11 is 0. The van der Waals surface area contributed by atoms with Crippen LogP contribution in [0.2, 0.25) is 0 Å². The van der Waals surface area contributed by atoms with Gasteiger partial charge in [-0.2, -0.15) is 0 Å². The smallest absolute Gasteiger partial charge is 0.254 e. The van der Waals surface area contributed by atoms with E-state index in [1.165, 1.54) is 6.26 Å². The van der Waals surface area contributed by atoms with Crippen molar-refractivity contribution in [1.82, 2.24) is 5.32 Å². The average molecular weight is 168 g/mol. The highest BCUT2D eigenvalue weighted by Gasteiger charge is 2.09. The van der Waals surface area contributed by atoms with Crippen molar-refractivity contribution in [3.63, 3.8) is 0 Å². The number of nitrogens with two attached hydrogens (primary N) is 1. The summed E-state index contributed by atoms with van der Waals surface area (Å²) in [5.41, 5.74) is 5.80. The fourth-order valence-corrected chi connectivity index (χ4v) is 0.901. The normalized spacial score (nSPS) is 9.83. The van der Waals surface area contributed by atoms with E-state index in [0.29, 0.717) is 24.4 Å². The van der Waals surface area contributed by atoms with Gasteiger partial charge in [0.2, 0.25) is 0 Å². The maximum Gasteiger partial charge on any atom is 0.254 e. The molecule has 1 amide bonds. The predicted molar refractivity (Wildman–Crippen MR) is 44.8 cm³/mol. The second-order valence-electron chi connectivity index (χ2n) is 2.44. The lowest BCUT2D eigenvalue weighted by atomic mass is 10.2. The van der Waals surface area contributed by atoms with Crippen molar-refractivity contribution in [2.24, 2.45) is 5.73 Å². The summed E-state index contributed by atoms with van der Waals surface area (Å²) < 4.78 is 4.97. The highest BCUT2D eigenvalue weighted by molar-refractivity contribution is 5.94. The van der Waals surface area contributed by atoms with Gasteiger partial charge in [-0.05, 0) is 13.0 Å². The van der Waals surface area contributed by atoms with Crippen LogP contribution in [0.5, 0.6) is 0 Å². The van der Waals surface area contributed by atoms with Crippen molar-refractivity contribution in [2.45, 2.75) is 6.92 Å². The van der Waals surface area contributed by atoms with E-state index in [2.05, 4.69) is 5.32 Å². The van der Waals surface area contributed by atoms with Crippen LogP contribution in [0.25, 0.3) is 0 Å². The van der Waals surface area contributed by atoms with E-state index >= 15 is 0 Å². The number of hydrogen-bond donors (Lipinski definition) is 2. The van der Waals surface area contributed by atoms with Crippen LogP contribution in [-0.2, 0) is 0 Å². The van der Waals surface area contributed by atoms with Crippen LogP contribution in [0.4, 0.5) is 0 Å². The first-order valence-corrected chi connectivity index (χ1v) is 3.78. The van der Waals surface area contributed by atoms with Crippen molar-refractivity contribution >= 4 is 5.91 Å². The predicted octanol–water partition coefficient (Wildman–Crippen LogP) is 0.277. The van der Waals surface area contributed by atoms with Crippen molar-refractivity contribution in [3.05, 3.63) is 23.7 Å².